The molecular weight excluding hydrogens is 833 g/mol. The minimum Gasteiger partial charge on any atom is -0.468 e. The second-order valence-corrected chi connectivity index (χ2v) is 15.9. The van der Waals surface area contributed by atoms with Gasteiger partial charge in [0.05, 0.1) is 23.7 Å². The number of nitrogens with zero attached hydrogens (tertiary/aromatic N) is 9. The number of aryl methyl sites for hydroxylation is 1. The smallest absolute Gasteiger partial charge is 0.304 e. The first-order valence-electron chi connectivity index (χ1n) is 20.9. The number of carbonyl (C=O) groups is 2. The number of methoxy groups -OCH3 is 1. The summed E-state index contributed by atoms with van der Waals surface area (Å²) in [7, 11) is 5.46. The zero-order valence-electron chi connectivity index (χ0n) is 36.1. The van der Waals surface area contributed by atoms with Crippen molar-refractivity contribution in [2.24, 2.45) is 11.5 Å². The number of ether oxygens (including phenoxy) is 1. The van der Waals surface area contributed by atoms with Crippen LogP contribution in [0.2, 0.25) is 0 Å². The fourth-order valence-electron chi connectivity index (χ4n) is 8.39. The van der Waals surface area contributed by atoms with E-state index in [1.54, 1.807) is 47.0 Å². The molecule has 2 aliphatic heterocycles. The highest BCUT2D eigenvalue weighted by Crippen LogP contribution is 2.35. The number of rotatable bonds is 11. The molecule has 0 fully saturated rings. The van der Waals surface area contributed by atoms with Crippen LogP contribution in [0.1, 0.15) is 48.7 Å². The van der Waals surface area contributed by atoms with Crippen LogP contribution in [-0.4, -0.2) is 80.2 Å². The van der Waals surface area contributed by atoms with E-state index in [0.717, 1.165) is 82.2 Å². The van der Waals surface area contributed by atoms with Gasteiger partial charge in [0, 0.05) is 68.0 Å². The van der Waals surface area contributed by atoms with Crippen LogP contribution in [0.25, 0.3) is 33.8 Å². The molecule has 8 aromatic rings. The Morgan fingerprint density at radius 1 is 0.662 bits per heavy atom. The number of nitrogens with one attached hydrogen (secondary N) is 2. The van der Waals surface area contributed by atoms with Gasteiger partial charge >= 0.3 is 6.01 Å². The number of halogens is 2. The van der Waals surface area contributed by atoms with E-state index in [2.05, 4.69) is 20.5 Å². The van der Waals surface area contributed by atoms with Crippen molar-refractivity contribution in [2.75, 3.05) is 54.7 Å². The Kier molecular flexibility index (Phi) is 11.2. The van der Waals surface area contributed by atoms with Crippen molar-refractivity contribution >= 4 is 57.0 Å². The average molecular weight is 878 g/mol. The summed E-state index contributed by atoms with van der Waals surface area (Å²) in [4.78, 5) is 51.7. The van der Waals surface area contributed by atoms with Crippen molar-refractivity contribution in [1.82, 2.24) is 34.1 Å². The van der Waals surface area contributed by atoms with E-state index in [-0.39, 0.29) is 23.2 Å². The summed E-state index contributed by atoms with van der Waals surface area (Å²) in [5.41, 5.74) is 18.2. The normalized spacial score (nSPS) is 12.8. The minimum atomic E-state index is -0.583. The number of likely N-dealkylation sites (N-methyl/N-ethyl adjacent to an activating group) is 2. The summed E-state index contributed by atoms with van der Waals surface area (Å²) in [5.74, 6) is 2.27. The van der Waals surface area contributed by atoms with E-state index < -0.39 is 11.8 Å². The van der Waals surface area contributed by atoms with E-state index >= 15 is 0 Å². The van der Waals surface area contributed by atoms with Crippen LogP contribution in [0.5, 0.6) is 6.01 Å². The van der Waals surface area contributed by atoms with Gasteiger partial charge in [-0.15, -0.1) is 0 Å². The summed E-state index contributed by atoms with van der Waals surface area (Å²) < 4.78 is 36.3. The lowest BCUT2D eigenvalue weighted by Gasteiger charge is -2.16. The number of benzene rings is 4. The zero-order valence-corrected chi connectivity index (χ0v) is 36.1. The quantitative estimate of drug-likeness (QED) is 0.114. The number of aromatic nitrogens is 7. The Morgan fingerprint density at radius 3 is 1.69 bits per heavy atom. The van der Waals surface area contributed by atoms with Gasteiger partial charge in [0.15, 0.2) is 0 Å². The first-order chi connectivity index (χ1) is 31.4. The Bertz CT molecular complexity index is 3170. The number of carbonyl (C=O) groups excluding carboxylic acids is 2. The van der Waals surface area contributed by atoms with Crippen molar-refractivity contribution in [2.45, 2.75) is 32.9 Å². The number of amides is 2. The van der Waals surface area contributed by atoms with Crippen molar-refractivity contribution in [3.8, 4) is 17.9 Å². The second-order valence-electron chi connectivity index (χ2n) is 15.9. The molecule has 0 saturated carbocycles. The van der Waals surface area contributed by atoms with Crippen LogP contribution >= 0.6 is 0 Å². The molecule has 330 valence electrons. The number of nitrogens with two attached hydrogens (primary N) is 2. The Morgan fingerprint density at radius 2 is 1.17 bits per heavy atom. The minimum absolute atomic E-state index is 0.232. The average Bonchev–Trinajstić information content (AvgIpc) is 4.06. The summed E-state index contributed by atoms with van der Waals surface area (Å²) in [6.45, 7) is 4.44. The Labute approximate surface area is 371 Å². The lowest BCUT2D eigenvalue weighted by molar-refractivity contribution is 0.0993. The van der Waals surface area contributed by atoms with Gasteiger partial charge in [0.2, 0.25) is 17.8 Å². The maximum Gasteiger partial charge on any atom is 0.304 e. The van der Waals surface area contributed by atoms with Gasteiger partial charge in [0.25, 0.3) is 5.91 Å². The number of imidazole rings is 1. The summed E-state index contributed by atoms with van der Waals surface area (Å²) in [6, 6.07) is 25.7. The lowest BCUT2D eigenvalue weighted by Crippen LogP contribution is -2.16. The molecule has 0 atom stereocenters. The molecule has 0 radical (unpaired) electrons. The van der Waals surface area contributed by atoms with Crippen LogP contribution in [0, 0.1) is 18.6 Å². The lowest BCUT2D eigenvalue weighted by atomic mass is 10.1. The van der Waals surface area contributed by atoms with Crippen molar-refractivity contribution in [3.63, 3.8) is 0 Å². The van der Waals surface area contributed by atoms with E-state index in [1.807, 2.05) is 54.8 Å². The predicted octanol–water partition coefficient (Wildman–Crippen LogP) is 6.24. The molecule has 2 amide bonds. The molecule has 0 aliphatic carbocycles. The second kappa shape index (κ2) is 17.2. The molecule has 2 aliphatic rings. The number of anilines is 4. The van der Waals surface area contributed by atoms with Crippen LogP contribution < -0.4 is 36.6 Å². The Balaban J connectivity index is 0.000000164. The molecule has 16 nitrogen and oxygen atoms in total. The van der Waals surface area contributed by atoms with Gasteiger partial charge in [-0.2, -0.15) is 24.9 Å². The zero-order chi connectivity index (χ0) is 45.5. The highest BCUT2D eigenvalue weighted by atomic mass is 19.1. The molecule has 6 N–H and O–H groups in total. The fourth-order valence-corrected chi connectivity index (χ4v) is 8.39. The molecule has 0 unspecified atom stereocenters. The van der Waals surface area contributed by atoms with E-state index in [9.17, 15) is 18.4 Å². The van der Waals surface area contributed by atoms with Gasteiger partial charge in [-0.3, -0.25) is 14.2 Å². The van der Waals surface area contributed by atoms with Gasteiger partial charge < -0.3 is 36.6 Å². The largest absolute Gasteiger partial charge is 0.468 e. The third-order valence-corrected chi connectivity index (χ3v) is 11.6. The molecule has 0 spiro atoms. The molecule has 10 rings (SSSR count). The van der Waals surface area contributed by atoms with Crippen molar-refractivity contribution in [3.05, 3.63) is 142 Å². The van der Waals surface area contributed by atoms with Gasteiger partial charge in [0.1, 0.15) is 40.4 Å². The predicted molar refractivity (Wildman–Crippen MR) is 245 cm³/mol. The monoisotopic (exact) mass is 877 g/mol. The van der Waals surface area contributed by atoms with Gasteiger partial charge in [-0.05, 0) is 85.5 Å². The van der Waals surface area contributed by atoms with Crippen LogP contribution in [0.4, 0.5) is 32.1 Å². The third kappa shape index (κ3) is 8.05. The number of fused-ring (bicyclic) bond motifs is 4. The van der Waals surface area contributed by atoms with Crippen LogP contribution in [0.3, 0.4) is 0 Å². The first kappa shape index (κ1) is 42.2. The summed E-state index contributed by atoms with van der Waals surface area (Å²) in [5, 5.41) is 7.48. The standard InChI is InChI=1S/C24H23FN6O.C23H22FN7O2/c1-14-11-19-17(21(26)32)7-4-8-20(19)31(14)24-28-22(18-9-10-30(2)23(18)29-24)27-13-15-5-3-6-16(25)12-15;1-30-10-9-16-20(26-12-13-5-3-6-14(24)11-13)28-22(29-21(16)30)31-17-8-4-7-15(19(25)32)18(17)27-23(31)33-2/h3-8,11-12H,9-10,13H2,1-2H3,(H2,26,32)(H,27,28,29);3-8,11H,9-10,12H2,1-2H3,(H2,25,32)(H,26,28,29). The fraction of sp³-hybridized carbons (Fsp3) is 0.213. The van der Waals surface area contributed by atoms with Crippen molar-refractivity contribution < 1.29 is 23.1 Å². The number of para-hydroxylation sites is 1. The molecule has 4 aromatic carbocycles. The molecule has 0 saturated heterocycles. The maximum absolute atomic E-state index is 13.6. The molecule has 0 bridgehead atoms. The molecule has 18 heteroatoms. The molecular formula is C47H45F2N13O3. The van der Waals surface area contributed by atoms with Gasteiger partial charge in [-0.1, -0.05) is 36.4 Å². The number of hydrogen-bond donors (Lipinski definition) is 4. The Hall–Kier alpha value is -8.15. The van der Waals surface area contributed by atoms with Crippen molar-refractivity contribution in [1.29, 1.82) is 0 Å². The van der Waals surface area contributed by atoms with Gasteiger partial charge in [-0.25, -0.2) is 13.3 Å². The first-order valence-corrected chi connectivity index (χ1v) is 20.9. The number of primary amides is 2. The van der Waals surface area contributed by atoms with E-state index in [1.165, 1.54) is 31.4 Å². The topological polar surface area (TPSA) is 200 Å². The highest BCUT2D eigenvalue weighted by Gasteiger charge is 2.28. The van der Waals surface area contributed by atoms with Crippen LogP contribution in [0.15, 0.2) is 91.0 Å². The molecule has 6 heterocycles. The third-order valence-electron chi connectivity index (χ3n) is 11.6. The van der Waals surface area contributed by atoms with E-state index in [4.69, 9.17) is 36.1 Å². The summed E-state index contributed by atoms with van der Waals surface area (Å²) >= 11 is 0. The highest BCUT2D eigenvalue weighted by molar-refractivity contribution is 6.06. The number of hydrogen-bond acceptors (Lipinski definition) is 12. The summed E-state index contributed by atoms with van der Waals surface area (Å²) in [6.07, 6.45) is 1.61. The van der Waals surface area contributed by atoms with Crippen LogP contribution in [-0.2, 0) is 25.9 Å². The SMILES string of the molecule is COc1nc2c(C(N)=O)cccc2n1-c1nc(NCc2cccc(F)c2)c2c(n1)N(C)CC2.Cc1cc2c(C(N)=O)cccc2n1-c1nc(NCc2cccc(F)c2)c2c(n1)N(C)CC2. The molecule has 65 heavy (non-hydrogen) atoms. The van der Waals surface area contributed by atoms with E-state index in [0.29, 0.717) is 47.4 Å². The molecule has 4 aromatic heterocycles. The maximum atomic E-state index is 13.6.